The number of piperazine rings is 2. The van der Waals surface area contributed by atoms with Crippen LogP contribution in [0.2, 0.25) is 0 Å². The second-order valence-electron chi connectivity index (χ2n) is 5.08. The standard InChI is InChI=1S/C8H6N2.2C4H10N2/c1-2-4-8-7(3-1)5-9-6-10-8;2*1-2-6-4-3-5-1/h1-6H;2*5-6H,1-4H2. The van der Waals surface area contributed by atoms with Crippen LogP contribution in [0.25, 0.3) is 10.9 Å². The first-order chi connectivity index (χ1) is 11.0. The Hall–Kier alpha value is -1.60. The van der Waals surface area contributed by atoms with Crippen LogP contribution in [0.3, 0.4) is 0 Å². The zero-order valence-corrected chi connectivity index (χ0v) is 13.0. The molecule has 22 heavy (non-hydrogen) atoms. The largest absolute Gasteiger partial charge is 0.314 e. The molecule has 2 aliphatic rings. The van der Waals surface area contributed by atoms with Gasteiger partial charge in [-0.15, -0.1) is 0 Å². The predicted octanol–water partition coefficient (Wildman–Crippen LogP) is -0.0118. The minimum atomic E-state index is 0.998. The molecule has 0 atom stereocenters. The quantitative estimate of drug-likeness (QED) is 0.548. The number of fused-ring (bicyclic) bond motifs is 1. The van der Waals surface area contributed by atoms with E-state index in [1.165, 1.54) is 0 Å². The van der Waals surface area contributed by atoms with Crippen LogP contribution >= 0.6 is 0 Å². The minimum absolute atomic E-state index is 0.998. The first-order valence-corrected chi connectivity index (χ1v) is 7.94. The van der Waals surface area contributed by atoms with Crippen LogP contribution in [0.5, 0.6) is 0 Å². The number of benzene rings is 1. The van der Waals surface area contributed by atoms with Gasteiger partial charge in [0.25, 0.3) is 0 Å². The Morgan fingerprint density at radius 2 is 1.18 bits per heavy atom. The van der Waals surface area contributed by atoms with Crippen LogP contribution in [-0.4, -0.2) is 62.3 Å². The third-order valence-corrected chi connectivity index (χ3v) is 3.33. The fourth-order valence-corrected chi connectivity index (χ4v) is 2.13. The fourth-order valence-electron chi connectivity index (χ4n) is 2.13. The summed E-state index contributed by atoms with van der Waals surface area (Å²) in [5, 5.41) is 14.0. The molecule has 0 spiro atoms. The summed E-state index contributed by atoms with van der Waals surface area (Å²) in [6.45, 7) is 9.11. The zero-order valence-electron chi connectivity index (χ0n) is 13.0. The normalized spacial score (nSPS) is 17.6. The van der Waals surface area contributed by atoms with Crippen LogP contribution < -0.4 is 21.3 Å². The lowest BCUT2D eigenvalue weighted by Gasteiger charge is -2.11. The Balaban J connectivity index is 0.000000128. The highest BCUT2D eigenvalue weighted by molar-refractivity contribution is 5.76. The molecule has 4 N–H and O–H groups in total. The van der Waals surface area contributed by atoms with Gasteiger partial charge in [0.05, 0.1) is 5.52 Å². The molecule has 2 saturated heterocycles. The average molecular weight is 302 g/mol. The van der Waals surface area contributed by atoms with E-state index < -0.39 is 0 Å². The van der Waals surface area contributed by atoms with Gasteiger partial charge >= 0.3 is 0 Å². The number of nitrogens with zero attached hydrogens (tertiary/aromatic N) is 2. The van der Waals surface area contributed by atoms with E-state index in [1.807, 2.05) is 30.5 Å². The lowest BCUT2D eigenvalue weighted by atomic mass is 10.2. The fraction of sp³-hybridized carbons (Fsp3) is 0.500. The Kier molecular flexibility index (Phi) is 8.41. The van der Waals surface area contributed by atoms with Gasteiger partial charge in [0, 0.05) is 63.9 Å². The Morgan fingerprint density at radius 3 is 1.64 bits per heavy atom. The Morgan fingerprint density at radius 1 is 0.682 bits per heavy atom. The molecule has 6 nitrogen and oxygen atoms in total. The maximum absolute atomic E-state index is 4.07. The second-order valence-corrected chi connectivity index (χ2v) is 5.08. The van der Waals surface area contributed by atoms with Crippen molar-refractivity contribution in [2.45, 2.75) is 0 Å². The van der Waals surface area contributed by atoms with Gasteiger partial charge in [0.2, 0.25) is 0 Å². The molecule has 3 heterocycles. The topological polar surface area (TPSA) is 73.9 Å². The van der Waals surface area contributed by atoms with E-state index in [9.17, 15) is 0 Å². The van der Waals surface area contributed by atoms with E-state index in [-0.39, 0.29) is 0 Å². The van der Waals surface area contributed by atoms with Gasteiger partial charge in [-0.05, 0) is 6.07 Å². The zero-order chi connectivity index (χ0) is 15.3. The van der Waals surface area contributed by atoms with Crippen molar-refractivity contribution in [2.24, 2.45) is 0 Å². The highest BCUT2D eigenvalue weighted by atomic mass is 15.0. The van der Waals surface area contributed by atoms with Gasteiger partial charge in [0.15, 0.2) is 0 Å². The van der Waals surface area contributed by atoms with E-state index in [0.717, 1.165) is 63.3 Å². The van der Waals surface area contributed by atoms with Gasteiger partial charge < -0.3 is 21.3 Å². The summed E-state index contributed by atoms with van der Waals surface area (Å²) >= 11 is 0. The number of para-hydroxylation sites is 1. The Labute approximate surface area is 132 Å². The summed E-state index contributed by atoms with van der Waals surface area (Å²) in [6.07, 6.45) is 3.37. The molecule has 120 valence electrons. The lowest BCUT2D eigenvalue weighted by Crippen LogP contribution is -2.39. The van der Waals surface area contributed by atoms with E-state index in [0.29, 0.717) is 0 Å². The van der Waals surface area contributed by atoms with E-state index in [4.69, 9.17) is 0 Å². The summed E-state index contributed by atoms with van der Waals surface area (Å²) in [5.41, 5.74) is 0.998. The number of hydrogen-bond donors (Lipinski definition) is 4. The second kappa shape index (κ2) is 11.0. The molecule has 0 unspecified atom stereocenters. The average Bonchev–Trinajstić information content (AvgIpc) is 2.66. The maximum atomic E-state index is 4.07. The molecular formula is C16H26N6. The van der Waals surface area contributed by atoms with Crippen LogP contribution in [0.1, 0.15) is 0 Å². The van der Waals surface area contributed by atoms with Crippen molar-refractivity contribution in [2.75, 3.05) is 52.4 Å². The van der Waals surface area contributed by atoms with Gasteiger partial charge in [-0.2, -0.15) is 0 Å². The molecule has 4 rings (SSSR count). The van der Waals surface area contributed by atoms with Crippen molar-refractivity contribution in [3.63, 3.8) is 0 Å². The third-order valence-electron chi connectivity index (χ3n) is 3.33. The molecular weight excluding hydrogens is 276 g/mol. The highest BCUT2D eigenvalue weighted by Crippen LogP contribution is 2.06. The van der Waals surface area contributed by atoms with Gasteiger partial charge in [-0.25, -0.2) is 9.97 Å². The summed E-state index contributed by atoms with van der Waals surface area (Å²) in [7, 11) is 0. The minimum Gasteiger partial charge on any atom is -0.314 e. The lowest BCUT2D eigenvalue weighted by molar-refractivity contribution is 0.534. The molecule has 0 saturated carbocycles. The molecule has 0 bridgehead atoms. The molecule has 2 fully saturated rings. The summed E-state index contributed by atoms with van der Waals surface area (Å²) in [4.78, 5) is 7.97. The van der Waals surface area contributed by atoms with Crippen molar-refractivity contribution in [3.8, 4) is 0 Å². The van der Waals surface area contributed by atoms with Gasteiger partial charge in [-0.1, -0.05) is 18.2 Å². The van der Waals surface area contributed by atoms with Crippen molar-refractivity contribution >= 4 is 10.9 Å². The number of rotatable bonds is 0. The monoisotopic (exact) mass is 302 g/mol. The van der Waals surface area contributed by atoms with E-state index in [2.05, 4.69) is 31.2 Å². The molecule has 0 aliphatic carbocycles. The molecule has 1 aromatic heterocycles. The van der Waals surface area contributed by atoms with Crippen LogP contribution in [0.4, 0.5) is 0 Å². The number of nitrogens with one attached hydrogen (secondary N) is 4. The summed E-state index contributed by atoms with van der Waals surface area (Å²) in [5.74, 6) is 0. The summed E-state index contributed by atoms with van der Waals surface area (Å²) in [6, 6.07) is 7.91. The SMILES string of the molecule is C1CNCCN1.C1CNCCN1.c1ccc2ncncc2c1. The molecule has 0 radical (unpaired) electrons. The number of hydrogen-bond acceptors (Lipinski definition) is 6. The van der Waals surface area contributed by atoms with Crippen LogP contribution in [-0.2, 0) is 0 Å². The molecule has 1 aromatic carbocycles. The van der Waals surface area contributed by atoms with Crippen molar-refractivity contribution in [1.29, 1.82) is 0 Å². The molecule has 0 amide bonds. The van der Waals surface area contributed by atoms with Crippen LogP contribution in [0.15, 0.2) is 36.8 Å². The molecule has 6 heteroatoms. The van der Waals surface area contributed by atoms with Crippen molar-refractivity contribution < 1.29 is 0 Å². The van der Waals surface area contributed by atoms with Crippen molar-refractivity contribution in [1.82, 2.24) is 31.2 Å². The first-order valence-electron chi connectivity index (χ1n) is 7.94. The number of aromatic nitrogens is 2. The van der Waals surface area contributed by atoms with Crippen molar-refractivity contribution in [3.05, 3.63) is 36.8 Å². The predicted molar refractivity (Wildman–Crippen MR) is 91.0 cm³/mol. The third kappa shape index (κ3) is 6.91. The van der Waals surface area contributed by atoms with E-state index in [1.54, 1.807) is 6.33 Å². The first kappa shape index (κ1) is 16.8. The molecule has 2 aromatic rings. The van der Waals surface area contributed by atoms with Crippen LogP contribution in [0, 0.1) is 0 Å². The Bertz CT molecular complexity index is 410. The van der Waals surface area contributed by atoms with Gasteiger partial charge in [0.1, 0.15) is 6.33 Å². The maximum Gasteiger partial charge on any atom is 0.116 e. The van der Waals surface area contributed by atoms with Gasteiger partial charge in [-0.3, -0.25) is 0 Å². The smallest absolute Gasteiger partial charge is 0.116 e. The summed E-state index contributed by atoms with van der Waals surface area (Å²) < 4.78 is 0. The van der Waals surface area contributed by atoms with E-state index >= 15 is 0 Å². The highest BCUT2D eigenvalue weighted by Gasteiger charge is 1.92. The molecule has 2 aliphatic heterocycles.